The highest BCUT2D eigenvalue weighted by Crippen LogP contribution is 2.33. The van der Waals surface area contributed by atoms with Crippen LogP contribution >= 0.6 is 0 Å². The number of rotatable bonds is 3. The average molecular weight is 227 g/mol. The Labute approximate surface area is 89.7 Å². The molecule has 16 heavy (non-hydrogen) atoms. The van der Waals surface area contributed by atoms with Crippen molar-refractivity contribution in [2.45, 2.75) is 6.43 Å². The van der Waals surface area contributed by atoms with E-state index in [4.69, 9.17) is 10.4 Å². The predicted molar refractivity (Wildman–Crippen MR) is 49.6 cm³/mol. The molecule has 0 aliphatic carbocycles. The van der Waals surface area contributed by atoms with Gasteiger partial charge in [-0.15, -0.1) is 0 Å². The highest BCUT2D eigenvalue weighted by molar-refractivity contribution is 5.91. The minimum absolute atomic E-state index is 0.198. The molecule has 0 aliphatic rings. The first-order chi connectivity index (χ1) is 7.52. The summed E-state index contributed by atoms with van der Waals surface area (Å²) in [5, 5.41) is 17.4. The van der Waals surface area contributed by atoms with Crippen molar-refractivity contribution in [2.24, 2.45) is 0 Å². The molecule has 0 aromatic heterocycles. The van der Waals surface area contributed by atoms with Crippen LogP contribution in [-0.2, 0) is 0 Å². The van der Waals surface area contributed by atoms with Crippen molar-refractivity contribution in [1.29, 1.82) is 5.26 Å². The second kappa shape index (κ2) is 4.57. The molecule has 84 valence electrons. The van der Waals surface area contributed by atoms with Crippen LogP contribution < -0.4 is 4.74 Å². The van der Waals surface area contributed by atoms with Crippen LogP contribution in [-0.4, -0.2) is 18.2 Å². The van der Waals surface area contributed by atoms with E-state index in [0.717, 1.165) is 12.1 Å². The third kappa shape index (κ3) is 1.93. The van der Waals surface area contributed by atoms with Gasteiger partial charge >= 0.3 is 5.97 Å². The molecular formula is C10H7F2NO3. The summed E-state index contributed by atoms with van der Waals surface area (Å²) in [6, 6.07) is 3.62. The number of carboxylic acids is 1. The summed E-state index contributed by atoms with van der Waals surface area (Å²) < 4.78 is 30.0. The number of benzene rings is 1. The molecule has 0 amide bonds. The average Bonchev–Trinajstić information content (AvgIpc) is 2.26. The van der Waals surface area contributed by atoms with Crippen LogP contribution in [0.4, 0.5) is 8.78 Å². The molecule has 0 heterocycles. The maximum Gasteiger partial charge on any atom is 0.337 e. The fourth-order valence-electron chi connectivity index (χ4n) is 1.29. The Hall–Kier alpha value is -2.16. The normalized spacial score (nSPS) is 9.94. The highest BCUT2D eigenvalue weighted by atomic mass is 19.3. The molecule has 1 N–H and O–H groups in total. The number of aromatic carboxylic acids is 1. The summed E-state index contributed by atoms with van der Waals surface area (Å²) in [6.45, 7) is 0. The lowest BCUT2D eigenvalue weighted by Crippen LogP contribution is -2.05. The van der Waals surface area contributed by atoms with Gasteiger partial charge in [0.25, 0.3) is 6.43 Å². The zero-order chi connectivity index (χ0) is 12.3. The number of methoxy groups -OCH3 is 1. The standard InChI is InChI=1S/C10H7F2NO3/c1-16-7-3-2-5(10(14)15)6(4-13)8(7)9(11)12/h2-3,9H,1H3,(H,14,15). The number of ether oxygens (including phenoxy) is 1. The Kier molecular flexibility index (Phi) is 3.40. The minimum atomic E-state index is -2.97. The van der Waals surface area contributed by atoms with Gasteiger partial charge in [-0.3, -0.25) is 0 Å². The molecule has 1 rings (SSSR count). The van der Waals surface area contributed by atoms with E-state index in [1.165, 1.54) is 13.2 Å². The molecule has 1 aromatic carbocycles. The molecule has 0 aliphatic heterocycles. The van der Waals surface area contributed by atoms with Crippen LogP contribution in [0, 0.1) is 11.3 Å². The number of carbonyl (C=O) groups is 1. The maximum atomic E-state index is 12.7. The van der Waals surface area contributed by atoms with E-state index in [9.17, 15) is 13.6 Å². The number of carboxylic acid groups (broad SMARTS) is 1. The molecule has 0 atom stereocenters. The van der Waals surface area contributed by atoms with E-state index in [1.807, 2.05) is 0 Å². The maximum absolute atomic E-state index is 12.7. The zero-order valence-electron chi connectivity index (χ0n) is 8.20. The van der Waals surface area contributed by atoms with Crippen molar-refractivity contribution in [3.05, 3.63) is 28.8 Å². The van der Waals surface area contributed by atoms with Crippen LogP contribution in [0.15, 0.2) is 12.1 Å². The lowest BCUT2D eigenvalue weighted by Gasteiger charge is -2.10. The largest absolute Gasteiger partial charge is 0.496 e. The van der Waals surface area contributed by atoms with Gasteiger partial charge in [-0.25, -0.2) is 13.6 Å². The number of alkyl halides is 2. The molecule has 0 fully saturated rings. The van der Waals surface area contributed by atoms with Crippen LogP contribution in [0.5, 0.6) is 5.75 Å². The van der Waals surface area contributed by atoms with E-state index in [1.54, 1.807) is 0 Å². The lowest BCUT2D eigenvalue weighted by molar-refractivity contribution is 0.0696. The number of hydrogen-bond donors (Lipinski definition) is 1. The third-order valence-corrected chi connectivity index (χ3v) is 1.99. The fraction of sp³-hybridized carbons (Fsp3) is 0.200. The van der Waals surface area contributed by atoms with Gasteiger partial charge in [-0.1, -0.05) is 0 Å². The number of hydrogen-bond acceptors (Lipinski definition) is 3. The lowest BCUT2D eigenvalue weighted by atomic mass is 10.0. The quantitative estimate of drug-likeness (QED) is 0.859. The minimum Gasteiger partial charge on any atom is -0.496 e. The second-order valence-corrected chi connectivity index (χ2v) is 2.82. The van der Waals surface area contributed by atoms with Crippen LogP contribution in [0.3, 0.4) is 0 Å². The molecule has 0 spiro atoms. The van der Waals surface area contributed by atoms with Crippen LogP contribution in [0.1, 0.15) is 27.9 Å². The van der Waals surface area contributed by atoms with Gasteiger partial charge < -0.3 is 9.84 Å². The van der Waals surface area contributed by atoms with E-state index in [2.05, 4.69) is 4.74 Å². The molecule has 0 radical (unpaired) electrons. The van der Waals surface area contributed by atoms with Gasteiger partial charge in [-0.05, 0) is 12.1 Å². The monoisotopic (exact) mass is 227 g/mol. The summed E-state index contributed by atoms with van der Waals surface area (Å²) in [5.74, 6) is -1.63. The molecule has 6 heteroatoms. The van der Waals surface area contributed by atoms with Crippen molar-refractivity contribution >= 4 is 5.97 Å². The van der Waals surface area contributed by atoms with Gasteiger partial charge in [0, 0.05) is 0 Å². The Morgan fingerprint density at radius 3 is 2.56 bits per heavy atom. The molecular weight excluding hydrogens is 220 g/mol. The van der Waals surface area contributed by atoms with Crippen molar-refractivity contribution in [2.75, 3.05) is 7.11 Å². The Morgan fingerprint density at radius 1 is 1.56 bits per heavy atom. The van der Waals surface area contributed by atoms with Crippen LogP contribution in [0.2, 0.25) is 0 Å². The smallest absolute Gasteiger partial charge is 0.337 e. The Balaban J connectivity index is 3.58. The Bertz CT molecular complexity index is 466. The van der Waals surface area contributed by atoms with E-state index in [-0.39, 0.29) is 5.75 Å². The first-order valence-electron chi connectivity index (χ1n) is 4.15. The van der Waals surface area contributed by atoms with E-state index < -0.39 is 29.1 Å². The van der Waals surface area contributed by atoms with Gasteiger partial charge in [0.15, 0.2) is 0 Å². The van der Waals surface area contributed by atoms with Crippen molar-refractivity contribution in [3.63, 3.8) is 0 Å². The number of nitrogens with zero attached hydrogens (tertiary/aromatic N) is 1. The van der Waals surface area contributed by atoms with Gasteiger partial charge in [0.2, 0.25) is 0 Å². The molecule has 0 saturated carbocycles. The van der Waals surface area contributed by atoms with Gasteiger partial charge in [0.1, 0.15) is 11.8 Å². The van der Waals surface area contributed by atoms with Crippen molar-refractivity contribution in [3.8, 4) is 11.8 Å². The molecule has 0 bridgehead atoms. The third-order valence-electron chi connectivity index (χ3n) is 1.99. The molecule has 0 saturated heterocycles. The number of nitriles is 1. The van der Waals surface area contributed by atoms with Crippen molar-refractivity contribution in [1.82, 2.24) is 0 Å². The Morgan fingerprint density at radius 2 is 2.19 bits per heavy atom. The summed E-state index contributed by atoms with van der Waals surface area (Å²) in [7, 11) is 1.17. The van der Waals surface area contributed by atoms with Gasteiger partial charge in [0.05, 0.1) is 23.8 Å². The second-order valence-electron chi connectivity index (χ2n) is 2.82. The fourth-order valence-corrected chi connectivity index (χ4v) is 1.29. The van der Waals surface area contributed by atoms with E-state index in [0.29, 0.717) is 0 Å². The molecule has 1 aromatic rings. The summed E-state index contributed by atoms with van der Waals surface area (Å²) in [4.78, 5) is 10.7. The zero-order valence-corrected chi connectivity index (χ0v) is 8.20. The number of halogens is 2. The topological polar surface area (TPSA) is 70.3 Å². The van der Waals surface area contributed by atoms with Crippen LogP contribution in [0.25, 0.3) is 0 Å². The van der Waals surface area contributed by atoms with E-state index >= 15 is 0 Å². The summed E-state index contributed by atoms with van der Waals surface area (Å²) in [5.41, 5.74) is -1.72. The SMILES string of the molecule is COc1ccc(C(=O)O)c(C#N)c1C(F)F. The van der Waals surface area contributed by atoms with Crippen molar-refractivity contribution < 1.29 is 23.4 Å². The van der Waals surface area contributed by atoms with Gasteiger partial charge in [-0.2, -0.15) is 5.26 Å². The molecule has 4 nitrogen and oxygen atoms in total. The summed E-state index contributed by atoms with van der Waals surface area (Å²) >= 11 is 0. The predicted octanol–water partition coefficient (Wildman–Crippen LogP) is 2.20. The summed E-state index contributed by atoms with van der Waals surface area (Å²) in [6.07, 6.45) is -2.97. The molecule has 0 unspecified atom stereocenters. The highest BCUT2D eigenvalue weighted by Gasteiger charge is 2.24. The first-order valence-corrected chi connectivity index (χ1v) is 4.15. The first kappa shape index (κ1) is 11.9.